The Labute approximate surface area is 252 Å². The summed E-state index contributed by atoms with van der Waals surface area (Å²) in [4.78, 5) is 14.1. The van der Waals surface area contributed by atoms with Crippen LogP contribution in [0.15, 0.2) is 10.3 Å². The van der Waals surface area contributed by atoms with Crippen LogP contribution in [-0.4, -0.2) is 38.0 Å². The molecule has 1 aromatic rings. The first-order valence-corrected chi connectivity index (χ1v) is 16.2. The van der Waals surface area contributed by atoms with E-state index in [1.54, 1.807) is 11.8 Å². The second kappa shape index (κ2) is 16.8. The van der Waals surface area contributed by atoms with Crippen LogP contribution >= 0.6 is 23.5 Å². The van der Waals surface area contributed by atoms with Crippen LogP contribution in [0.3, 0.4) is 0 Å². The van der Waals surface area contributed by atoms with Gasteiger partial charge in [-0.3, -0.25) is 0 Å². The molecule has 40 heavy (non-hydrogen) atoms. The zero-order valence-electron chi connectivity index (χ0n) is 25.4. The highest BCUT2D eigenvalue weighted by Gasteiger charge is 2.46. The van der Waals surface area contributed by atoms with Crippen LogP contribution < -0.4 is 5.32 Å². The Balaban J connectivity index is 2.22. The maximum absolute atomic E-state index is 11.3. The lowest BCUT2D eigenvalue weighted by Gasteiger charge is -2.49. The molecule has 1 saturated carbocycles. The third-order valence-electron chi connectivity index (χ3n) is 7.30. The van der Waals surface area contributed by atoms with E-state index in [1.165, 1.54) is 43.9 Å². The molecule has 0 aliphatic heterocycles. The molecule has 0 radical (unpaired) electrons. The van der Waals surface area contributed by atoms with E-state index in [-0.39, 0.29) is 34.8 Å². The van der Waals surface area contributed by atoms with E-state index >= 15 is 0 Å². The molecule has 2 atom stereocenters. The summed E-state index contributed by atoms with van der Waals surface area (Å²) in [5.41, 5.74) is -0.0223. The van der Waals surface area contributed by atoms with E-state index < -0.39 is 0 Å². The first-order chi connectivity index (χ1) is 19.0. The van der Waals surface area contributed by atoms with E-state index in [9.17, 15) is 5.11 Å². The zero-order chi connectivity index (χ0) is 29.6. The van der Waals surface area contributed by atoms with Gasteiger partial charge in [-0.1, -0.05) is 92.3 Å². The average molecular weight is 579 g/mol. The van der Waals surface area contributed by atoms with Crippen molar-refractivity contribution in [3.63, 3.8) is 0 Å². The van der Waals surface area contributed by atoms with E-state index in [4.69, 9.17) is 16.4 Å². The van der Waals surface area contributed by atoms with Gasteiger partial charge in [-0.15, -0.1) is 6.42 Å². The third kappa shape index (κ3) is 12.1. The summed E-state index contributed by atoms with van der Waals surface area (Å²) in [5.74, 6) is 17.1. The van der Waals surface area contributed by atoms with Crippen LogP contribution in [0.4, 0.5) is 5.95 Å². The first-order valence-electron chi connectivity index (χ1n) is 14.4. The molecule has 0 amide bonds. The summed E-state index contributed by atoms with van der Waals surface area (Å²) in [6, 6.07) is 0.153. The topological polar surface area (TPSA) is 70.9 Å². The Bertz CT molecular complexity index is 1150. The smallest absolute Gasteiger partial charge is 0.227 e. The van der Waals surface area contributed by atoms with Gasteiger partial charge in [0.25, 0.3) is 0 Å². The molecule has 1 aromatic heterocycles. The number of anilines is 1. The van der Waals surface area contributed by atoms with Gasteiger partial charge in [-0.25, -0.2) is 0 Å². The number of nitrogens with zero attached hydrogens (tertiary/aromatic N) is 3. The van der Waals surface area contributed by atoms with Crippen LogP contribution in [0.5, 0.6) is 0 Å². The van der Waals surface area contributed by atoms with E-state index in [1.807, 2.05) is 0 Å². The van der Waals surface area contributed by atoms with Crippen molar-refractivity contribution in [1.29, 1.82) is 0 Å². The Morgan fingerprint density at radius 1 is 0.825 bits per heavy atom. The lowest BCUT2D eigenvalue weighted by Crippen LogP contribution is -2.50. The second-order valence-electron chi connectivity index (χ2n) is 12.6. The van der Waals surface area contributed by atoms with Gasteiger partial charge in [0.15, 0.2) is 5.16 Å². The molecule has 0 saturated heterocycles. The van der Waals surface area contributed by atoms with E-state index in [0.717, 1.165) is 25.0 Å². The maximum Gasteiger partial charge on any atom is 0.227 e. The number of thioether (sulfide) groups is 2. The van der Waals surface area contributed by atoms with Crippen molar-refractivity contribution in [2.24, 2.45) is 22.7 Å². The summed E-state index contributed by atoms with van der Waals surface area (Å²) in [6.45, 7) is 15.6. The fourth-order valence-electron chi connectivity index (χ4n) is 5.09. The molecule has 1 aliphatic carbocycles. The Hall–Kier alpha value is -2.29. The lowest BCUT2D eigenvalue weighted by molar-refractivity contribution is -0.0695. The standard InChI is InChI=1S/C33H46N4OS2/c1-9-11-13-15-17-19-21-39-30-35-29(36-31(37-30)40-22-20-18-16-14-12-10-2)34-25-23-26(32(3,4)5)28(38)27(24-25)33(6,7)8/h1,25-28,38H,10,12,14,16,18,20,22-24H2,2-8H3,(H,34,35,36,37). The minimum atomic E-state index is -0.340. The van der Waals surface area contributed by atoms with Crippen LogP contribution in [-0.2, 0) is 0 Å². The molecule has 5 nitrogen and oxygen atoms in total. The number of rotatable bonds is 11. The maximum atomic E-state index is 11.3. The monoisotopic (exact) mass is 578 g/mol. The third-order valence-corrected chi connectivity index (χ3v) is 8.80. The quantitative estimate of drug-likeness (QED) is 0.162. The molecule has 1 aliphatic rings. The minimum Gasteiger partial charge on any atom is -0.393 e. The number of unbranched alkanes of at least 4 members (excludes halogenated alkanes) is 5. The molecule has 0 bridgehead atoms. The van der Waals surface area contributed by atoms with Crippen LogP contribution in [0.1, 0.15) is 99.8 Å². The molecule has 0 aromatic carbocycles. The van der Waals surface area contributed by atoms with Crippen molar-refractivity contribution in [3.8, 4) is 47.2 Å². The van der Waals surface area contributed by atoms with Gasteiger partial charge < -0.3 is 10.4 Å². The summed E-state index contributed by atoms with van der Waals surface area (Å²) in [6.07, 6.45) is 14.0. The van der Waals surface area contributed by atoms with Crippen molar-refractivity contribution in [2.75, 3.05) is 11.1 Å². The van der Waals surface area contributed by atoms with Crippen LogP contribution in [0.2, 0.25) is 0 Å². The van der Waals surface area contributed by atoms with Gasteiger partial charge in [0.1, 0.15) is 0 Å². The summed E-state index contributed by atoms with van der Waals surface area (Å²) in [5, 5.41) is 19.1. The van der Waals surface area contributed by atoms with E-state index in [0.29, 0.717) is 16.3 Å². The van der Waals surface area contributed by atoms with Crippen LogP contribution in [0.25, 0.3) is 0 Å². The zero-order valence-corrected chi connectivity index (χ0v) is 27.0. The van der Waals surface area contributed by atoms with Gasteiger partial charge in [-0.05, 0) is 82.7 Å². The SMILES string of the molecule is C#CC#CC#CC#CSc1nc(NC2CC(C(C)(C)C)C(O)C(C(C)(C)C)C2)nc(SCCCCCCCC)n1. The predicted octanol–water partition coefficient (Wildman–Crippen LogP) is 7.28. The molecule has 0 spiro atoms. The normalized spacial score (nSPS) is 20.6. The number of aliphatic hydroxyl groups excluding tert-OH is 1. The van der Waals surface area contributed by atoms with Crippen molar-refractivity contribution < 1.29 is 5.11 Å². The number of hydrogen-bond acceptors (Lipinski definition) is 7. The van der Waals surface area contributed by atoms with Crippen molar-refractivity contribution in [2.45, 2.75) is 122 Å². The predicted molar refractivity (Wildman–Crippen MR) is 170 cm³/mol. The second-order valence-corrected chi connectivity index (χ2v) is 14.4. The number of hydrogen-bond donors (Lipinski definition) is 2. The Morgan fingerprint density at radius 3 is 2.02 bits per heavy atom. The summed E-state index contributed by atoms with van der Waals surface area (Å²) >= 11 is 2.90. The number of aliphatic hydroxyl groups is 1. The van der Waals surface area contributed by atoms with Crippen molar-refractivity contribution >= 4 is 29.5 Å². The number of nitrogens with one attached hydrogen (secondary N) is 1. The highest BCUT2D eigenvalue weighted by molar-refractivity contribution is 8.03. The molecular formula is C33H46N4OS2. The van der Waals surface area contributed by atoms with Gasteiger partial charge in [0.2, 0.25) is 11.1 Å². The minimum absolute atomic E-state index is 0.0112. The highest BCUT2D eigenvalue weighted by Crippen LogP contribution is 2.47. The van der Waals surface area contributed by atoms with Crippen molar-refractivity contribution in [1.82, 2.24) is 15.0 Å². The first kappa shape index (κ1) is 33.9. The Morgan fingerprint density at radius 2 is 1.40 bits per heavy atom. The molecule has 1 fully saturated rings. The summed E-state index contributed by atoms with van der Waals surface area (Å²) in [7, 11) is 0. The molecule has 216 valence electrons. The fraction of sp³-hybridized carbons (Fsp3) is 0.667. The summed E-state index contributed by atoms with van der Waals surface area (Å²) < 4.78 is 0. The van der Waals surface area contributed by atoms with Gasteiger partial charge in [0.05, 0.1) is 6.10 Å². The molecule has 1 heterocycles. The van der Waals surface area contributed by atoms with E-state index in [2.05, 4.69) is 99.5 Å². The fourth-order valence-corrected chi connectivity index (χ4v) is 6.43. The van der Waals surface area contributed by atoms with Crippen LogP contribution in [0, 0.1) is 69.9 Å². The molecule has 2 rings (SSSR count). The highest BCUT2D eigenvalue weighted by atomic mass is 32.2. The van der Waals surface area contributed by atoms with Gasteiger partial charge in [-0.2, -0.15) is 15.0 Å². The largest absolute Gasteiger partial charge is 0.393 e. The average Bonchev–Trinajstić information content (AvgIpc) is 2.87. The lowest BCUT2D eigenvalue weighted by atomic mass is 9.60. The van der Waals surface area contributed by atoms with Gasteiger partial charge >= 0.3 is 0 Å². The molecular weight excluding hydrogens is 533 g/mol. The molecule has 2 unspecified atom stereocenters. The number of aromatic nitrogens is 3. The number of terminal acetylenes is 1. The molecule has 7 heteroatoms. The van der Waals surface area contributed by atoms with Crippen molar-refractivity contribution in [3.05, 3.63) is 0 Å². The molecule has 2 N–H and O–H groups in total. The Kier molecular flexibility index (Phi) is 14.3. The van der Waals surface area contributed by atoms with Gasteiger partial charge in [0, 0.05) is 23.6 Å².